The highest BCUT2D eigenvalue weighted by Gasteiger charge is 2.32. The van der Waals surface area contributed by atoms with Crippen molar-refractivity contribution in [3.63, 3.8) is 0 Å². The number of piperazine rings is 1. The molecule has 1 unspecified atom stereocenters. The van der Waals surface area contributed by atoms with Gasteiger partial charge in [-0.3, -0.25) is 9.88 Å². The number of rotatable bonds is 5. The number of hydrogen-bond donors (Lipinski definition) is 0. The summed E-state index contributed by atoms with van der Waals surface area (Å²) in [5.41, 5.74) is 0.787. The van der Waals surface area contributed by atoms with Gasteiger partial charge in [0.15, 0.2) is 0 Å². The molecule has 3 aromatic heterocycles. The molecule has 0 bridgehead atoms. The van der Waals surface area contributed by atoms with E-state index in [1.165, 1.54) is 4.31 Å². The Kier molecular flexibility index (Phi) is 5.48. The number of hydrogen-bond acceptors (Lipinski definition) is 8. The van der Waals surface area contributed by atoms with Gasteiger partial charge in [-0.25, -0.2) is 8.42 Å². The van der Waals surface area contributed by atoms with Gasteiger partial charge < -0.3 is 4.52 Å². The number of pyridine rings is 1. The zero-order valence-electron chi connectivity index (χ0n) is 15.0. The van der Waals surface area contributed by atoms with Crippen molar-refractivity contribution < 1.29 is 12.9 Å². The molecule has 1 aliphatic heterocycles. The van der Waals surface area contributed by atoms with E-state index in [2.05, 4.69) is 20.0 Å². The summed E-state index contributed by atoms with van der Waals surface area (Å²) >= 11 is 6.96. The molecule has 8 nitrogen and oxygen atoms in total. The third-order valence-electron chi connectivity index (χ3n) is 4.68. The van der Waals surface area contributed by atoms with Crippen molar-refractivity contribution >= 4 is 33.0 Å². The van der Waals surface area contributed by atoms with Gasteiger partial charge in [0.05, 0.1) is 10.4 Å². The molecule has 0 spiro atoms. The van der Waals surface area contributed by atoms with E-state index >= 15 is 0 Å². The quantitative estimate of drug-likeness (QED) is 0.603. The summed E-state index contributed by atoms with van der Waals surface area (Å²) in [6.45, 7) is 3.91. The van der Waals surface area contributed by atoms with Gasteiger partial charge in [0, 0.05) is 44.1 Å². The Bertz CT molecular complexity index is 1050. The van der Waals surface area contributed by atoms with Crippen LogP contribution < -0.4 is 0 Å². The number of sulfonamides is 1. The van der Waals surface area contributed by atoms with Crippen LogP contribution in [0.4, 0.5) is 0 Å². The molecule has 28 heavy (non-hydrogen) atoms. The third-order valence-corrected chi connectivity index (χ3v) is 8.28. The van der Waals surface area contributed by atoms with E-state index in [9.17, 15) is 8.42 Å². The molecule has 1 atom stereocenters. The second-order valence-corrected chi connectivity index (χ2v) is 10.3. The van der Waals surface area contributed by atoms with Gasteiger partial charge in [0.25, 0.3) is 10.0 Å². The van der Waals surface area contributed by atoms with Crippen LogP contribution in [0.15, 0.2) is 45.4 Å². The minimum absolute atomic E-state index is 0.112. The third kappa shape index (κ3) is 3.83. The van der Waals surface area contributed by atoms with Crippen LogP contribution in [0, 0.1) is 0 Å². The van der Waals surface area contributed by atoms with Gasteiger partial charge in [-0.05, 0) is 31.2 Å². The van der Waals surface area contributed by atoms with Crippen LogP contribution in [-0.2, 0) is 10.0 Å². The monoisotopic (exact) mass is 439 g/mol. The molecule has 4 rings (SSSR count). The fourth-order valence-electron chi connectivity index (χ4n) is 3.07. The average Bonchev–Trinajstić information content (AvgIpc) is 3.38. The second-order valence-electron chi connectivity index (χ2n) is 6.37. The lowest BCUT2D eigenvalue weighted by atomic mass is 10.2. The summed E-state index contributed by atoms with van der Waals surface area (Å²) in [7, 11) is -3.50. The summed E-state index contributed by atoms with van der Waals surface area (Å²) in [5, 5.41) is 4.03. The summed E-state index contributed by atoms with van der Waals surface area (Å²) in [4.78, 5) is 10.7. The highest BCUT2D eigenvalue weighted by atomic mass is 35.5. The first-order chi connectivity index (χ1) is 13.4. The topological polar surface area (TPSA) is 92.4 Å². The summed E-state index contributed by atoms with van der Waals surface area (Å²) < 4.78 is 33.1. The van der Waals surface area contributed by atoms with Crippen LogP contribution >= 0.6 is 22.9 Å². The Morgan fingerprint density at radius 3 is 2.64 bits per heavy atom. The zero-order chi connectivity index (χ0) is 19.7. The van der Waals surface area contributed by atoms with Crippen molar-refractivity contribution in [2.75, 3.05) is 26.2 Å². The number of nitrogens with zero attached hydrogens (tertiary/aromatic N) is 5. The highest BCUT2D eigenvalue weighted by molar-refractivity contribution is 7.91. The van der Waals surface area contributed by atoms with Crippen molar-refractivity contribution in [1.29, 1.82) is 0 Å². The summed E-state index contributed by atoms with van der Waals surface area (Å²) in [6, 6.07) is 6.73. The predicted molar refractivity (Wildman–Crippen MR) is 106 cm³/mol. The largest absolute Gasteiger partial charge is 0.337 e. The molecule has 0 N–H and O–H groups in total. The molecule has 4 heterocycles. The molecular weight excluding hydrogens is 422 g/mol. The highest BCUT2D eigenvalue weighted by Crippen LogP contribution is 2.30. The Morgan fingerprint density at radius 1 is 1.21 bits per heavy atom. The molecule has 148 valence electrons. The fourth-order valence-corrected chi connectivity index (χ4v) is 6.13. The van der Waals surface area contributed by atoms with Gasteiger partial charge in [0.1, 0.15) is 4.21 Å². The second kappa shape index (κ2) is 7.88. The van der Waals surface area contributed by atoms with E-state index in [4.69, 9.17) is 16.1 Å². The Labute approximate surface area is 171 Å². The molecule has 0 aliphatic carbocycles. The Balaban J connectivity index is 1.42. The maximum absolute atomic E-state index is 12.7. The fraction of sp³-hybridized carbons (Fsp3) is 0.353. The van der Waals surface area contributed by atoms with Gasteiger partial charge in [-0.2, -0.15) is 9.29 Å². The molecule has 3 aromatic rings. The Morgan fingerprint density at radius 2 is 2.00 bits per heavy atom. The first kappa shape index (κ1) is 19.5. The molecule has 1 aliphatic rings. The minimum Gasteiger partial charge on any atom is -0.337 e. The summed E-state index contributed by atoms with van der Waals surface area (Å²) in [5.74, 6) is 0.992. The van der Waals surface area contributed by atoms with E-state index in [-0.39, 0.29) is 10.3 Å². The van der Waals surface area contributed by atoms with E-state index < -0.39 is 10.0 Å². The van der Waals surface area contributed by atoms with Crippen LogP contribution in [-0.4, -0.2) is 58.9 Å². The standard InChI is InChI=1S/C17H18ClN5O3S2/c1-12(17-20-16(21-26-17)13-3-2-6-19-11-13)22-7-9-23(10-8-22)28(24,25)15-5-4-14(18)27-15/h2-6,11-12H,7-10H2,1H3. The lowest BCUT2D eigenvalue weighted by Gasteiger charge is -2.35. The van der Waals surface area contributed by atoms with Gasteiger partial charge in [-0.1, -0.05) is 16.8 Å². The molecule has 0 radical (unpaired) electrons. The SMILES string of the molecule is CC(c1nc(-c2cccnc2)no1)N1CCN(S(=O)(=O)c2ccc(Cl)s2)CC1. The van der Waals surface area contributed by atoms with Gasteiger partial charge in [0.2, 0.25) is 11.7 Å². The maximum atomic E-state index is 12.7. The normalized spacial score (nSPS) is 17.6. The van der Waals surface area contributed by atoms with Crippen molar-refractivity contribution in [3.05, 3.63) is 46.9 Å². The molecular formula is C17H18ClN5O3S2. The van der Waals surface area contributed by atoms with Crippen molar-refractivity contribution in [2.45, 2.75) is 17.2 Å². The van der Waals surface area contributed by atoms with Gasteiger partial charge in [-0.15, -0.1) is 11.3 Å². The average molecular weight is 440 g/mol. The minimum atomic E-state index is -3.50. The lowest BCUT2D eigenvalue weighted by Crippen LogP contribution is -2.49. The maximum Gasteiger partial charge on any atom is 0.252 e. The first-order valence-corrected chi connectivity index (χ1v) is 11.3. The van der Waals surface area contributed by atoms with E-state index in [0.717, 1.165) is 16.9 Å². The van der Waals surface area contributed by atoms with Crippen molar-refractivity contribution in [1.82, 2.24) is 24.3 Å². The molecule has 0 saturated carbocycles. The van der Waals surface area contributed by atoms with Crippen LogP contribution in [0.25, 0.3) is 11.4 Å². The van der Waals surface area contributed by atoms with E-state index in [1.54, 1.807) is 24.5 Å². The van der Waals surface area contributed by atoms with Crippen molar-refractivity contribution in [3.8, 4) is 11.4 Å². The summed E-state index contributed by atoms with van der Waals surface area (Å²) in [6.07, 6.45) is 3.37. The van der Waals surface area contributed by atoms with E-state index in [1.807, 2.05) is 19.1 Å². The van der Waals surface area contributed by atoms with Crippen molar-refractivity contribution in [2.24, 2.45) is 0 Å². The van der Waals surface area contributed by atoms with Crippen LogP contribution in [0.1, 0.15) is 18.9 Å². The van der Waals surface area contributed by atoms with E-state index in [0.29, 0.717) is 42.2 Å². The molecule has 11 heteroatoms. The van der Waals surface area contributed by atoms with Crippen LogP contribution in [0.3, 0.4) is 0 Å². The van der Waals surface area contributed by atoms with Crippen LogP contribution in [0.2, 0.25) is 4.34 Å². The molecule has 1 fully saturated rings. The number of thiophene rings is 1. The first-order valence-electron chi connectivity index (χ1n) is 8.69. The number of aromatic nitrogens is 3. The smallest absolute Gasteiger partial charge is 0.252 e. The van der Waals surface area contributed by atoms with Gasteiger partial charge >= 0.3 is 0 Å². The zero-order valence-corrected chi connectivity index (χ0v) is 17.4. The predicted octanol–water partition coefficient (Wildman–Crippen LogP) is 2.91. The molecule has 1 saturated heterocycles. The lowest BCUT2D eigenvalue weighted by molar-refractivity contribution is 0.124. The molecule has 0 aromatic carbocycles. The van der Waals surface area contributed by atoms with Crippen LogP contribution in [0.5, 0.6) is 0 Å². The Hall–Kier alpha value is -1.85. The molecule has 0 amide bonds. The number of halogens is 1.